The van der Waals surface area contributed by atoms with Crippen molar-refractivity contribution in [2.45, 2.75) is 52.0 Å². The van der Waals surface area contributed by atoms with E-state index in [0.29, 0.717) is 0 Å². The molecule has 0 spiro atoms. The first kappa shape index (κ1) is 12.7. The maximum absolute atomic E-state index is 2.70. The zero-order valence-electron chi connectivity index (χ0n) is 11.6. The lowest BCUT2D eigenvalue weighted by Gasteiger charge is -2.34. The molecule has 1 aromatic rings. The maximum atomic E-state index is 2.70. The van der Waals surface area contributed by atoms with Crippen LogP contribution in [0.5, 0.6) is 0 Å². The first-order valence-electron chi connectivity index (χ1n) is 7.13. The van der Waals surface area contributed by atoms with Gasteiger partial charge in [0.1, 0.15) is 0 Å². The van der Waals surface area contributed by atoms with E-state index in [9.17, 15) is 0 Å². The highest BCUT2D eigenvalue weighted by molar-refractivity contribution is 5.26. The molecule has 0 saturated carbocycles. The minimum absolute atomic E-state index is 0.782. The van der Waals surface area contributed by atoms with Gasteiger partial charge in [-0.15, -0.1) is 0 Å². The largest absolute Gasteiger partial charge is 0.354 e. The van der Waals surface area contributed by atoms with Crippen LogP contribution in [0.4, 0.5) is 0 Å². The molecule has 0 aliphatic heterocycles. The Bertz CT molecular complexity index is 348. The van der Waals surface area contributed by atoms with Gasteiger partial charge >= 0.3 is 0 Å². The molecule has 0 unspecified atom stereocenters. The van der Waals surface area contributed by atoms with Crippen LogP contribution in [0.15, 0.2) is 12.3 Å². The van der Waals surface area contributed by atoms with Gasteiger partial charge in [-0.25, -0.2) is 0 Å². The fraction of sp³-hybridized carbons (Fsp3) is 0.733. The van der Waals surface area contributed by atoms with Gasteiger partial charge in [0.2, 0.25) is 0 Å². The summed E-state index contributed by atoms with van der Waals surface area (Å²) in [6, 6.07) is 3.10. The Morgan fingerprint density at radius 3 is 2.65 bits per heavy atom. The monoisotopic (exact) mass is 234 g/mol. The number of nitrogens with zero attached hydrogens (tertiary/aromatic N) is 2. The fourth-order valence-corrected chi connectivity index (χ4v) is 3.16. The number of aromatic nitrogens is 1. The number of hydrogen-bond donors (Lipinski definition) is 0. The third-order valence-corrected chi connectivity index (χ3v) is 4.00. The summed E-state index contributed by atoms with van der Waals surface area (Å²) in [7, 11) is 2.18. The molecule has 1 atom stereocenters. The van der Waals surface area contributed by atoms with Crippen molar-refractivity contribution in [2.75, 3.05) is 13.1 Å². The van der Waals surface area contributed by atoms with Gasteiger partial charge in [0.25, 0.3) is 0 Å². The predicted molar refractivity (Wildman–Crippen MR) is 73.4 cm³/mol. The van der Waals surface area contributed by atoms with Crippen LogP contribution >= 0.6 is 0 Å². The summed E-state index contributed by atoms with van der Waals surface area (Å²) in [5.74, 6) is 0. The standard InChI is InChI=1S/C15H26N2/c1-4-9-17(10-5-2)14-6-7-15-13(12-14)8-11-16(15)3/h8,11,14H,4-7,9-10,12H2,1-3H3/t14-/m0/s1. The molecule has 0 bridgehead atoms. The molecule has 2 heteroatoms. The van der Waals surface area contributed by atoms with E-state index >= 15 is 0 Å². The Kier molecular flexibility index (Phi) is 4.27. The molecule has 1 aromatic heterocycles. The quantitative estimate of drug-likeness (QED) is 0.760. The molecule has 0 fully saturated rings. The molecule has 0 radical (unpaired) electrons. The normalized spacial score (nSPS) is 19.6. The number of rotatable bonds is 5. The Labute approximate surface area is 106 Å². The average molecular weight is 234 g/mol. The molecule has 96 valence electrons. The molecule has 0 aromatic carbocycles. The second-order valence-electron chi connectivity index (χ2n) is 5.33. The minimum atomic E-state index is 0.782. The van der Waals surface area contributed by atoms with E-state index in [1.807, 2.05) is 0 Å². The van der Waals surface area contributed by atoms with Gasteiger partial charge < -0.3 is 9.47 Å². The molecule has 17 heavy (non-hydrogen) atoms. The number of fused-ring (bicyclic) bond motifs is 1. The van der Waals surface area contributed by atoms with Gasteiger partial charge in [-0.2, -0.15) is 0 Å². The van der Waals surface area contributed by atoms with Crippen molar-refractivity contribution in [3.8, 4) is 0 Å². The molecule has 1 aliphatic rings. The number of aryl methyl sites for hydroxylation is 1. The van der Waals surface area contributed by atoms with E-state index in [0.717, 1.165) is 6.04 Å². The zero-order chi connectivity index (χ0) is 12.3. The van der Waals surface area contributed by atoms with E-state index in [-0.39, 0.29) is 0 Å². The van der Waals surface area contributed by atoms with Gasteiger partial charge in [0.05, 0.1) is 0 Å². The molecule has 1 heterocycles. The highest BCUT2D eigenvalue weighted by atomic mass is 15.1. The Hall–Kier alpha value is -0.760. The smallest absolute Gasteiger partial charge is 0.0205 e. The average Bonchev–Trinajstić information content (AvgIpc) is 2.70. The summed E-state index contributed by atoms with van der Waals surface area (Å²) in [5, 5.41) is 0. The van der Waals surface area contributed by atoms with Crippen molar-refractivity contribution in [1.82, 2.24) is 9.47 Å². The van der Waals surface area contributed by atoms with Crippen LogP contribution in [-0.2, 0) is 19.9 Å². The summed E-state index contributed by atoms with van der Waals surface area (Å²) < 4.78 is 2.30. The summed E-state index contributed by atoms with van der Waals surface area (Å²) >= 11 is 0. The topological polar surface area (TPSA) is 8.17 Å². The Morgan fingerprint density at radius 2 is 2.00 bits per heavy atom. The third kappa shape index (κ3) is 2.74. The van der Waals surface area contributed by atoms with Gasteiger partial charge in [-0.05, 0) is 56.8 Å². The molecule has 2 rings (SSSR count). The third-order valence-electron chi connectivity index (χ3n) is 4.00. The second-order valence-corrected chi connectivity index (χ2v) is 5.33. The molecule has 0 amide bonds. The van der Waals surface area contributed by atoms with Crippen molar-refractivity contribution >= 4 is 0 Å². The summed E-state index contributed by atoms with van der Waals surface area (Å²) in [5.41, 5.74) is 3.15. The van der Waals surface area contributed by atoms with Crippen molar-refractivity contribution in [3.05, 3.63) is 23.5 Å². The summed E-state index contributed by atoms with van der Waals surface area (Å²) in [6.45, 7) is 7.11. The van der Waals surface area contributed by atoms with E-state index in [4.69, 9.17) is 0 Å². The van der Waals surface area contributed by atoms with E-state index in [1.165, 1.54) is 45.2 Å². The lowest BCUT2D eigenvalue weighted by atomic mass is 9.92. The van der Waals surface area contributed by atoms with Crippen LogP contribution < -0.4 is 0 Å². The van der Waals surface area contributed by atoms with Crippen LogP contribution in [-0.4, -0.2) is 28.6 Å². The van der Waals surface area contributed by atoms with Crippen LogP contribution in [0.1, 0.15) is 44.4 Å². The highest BCUT2D eigenvalue weighted by Gasteiger charge is 2.24. The molecule has 2 nitrogen and oxygen atoms in total. The fourth-order valence-electron chi connectivity index (χ4n) is 3.16. The second kappa shape index (κ2) is 5.72. The van der Waals surface area contributed by atoms with Crippen LogP contribution in [0.2, 0.25) is 0 Å². The van der Waals surface area contributed by atoms with Crippen molar-refractivity contribution < 1.29 is 0 Å². The number of hydrogen-bond acceptors (Lipinski definition) is 1. The minimum Gasteiger partial charge on any atom is -0.354 e. The Morgan fingerprint density at radius 1 is 1.29 bits per heavy atom. The lowest BCUT2D eigenvalue weighted by molar-refractivity contribution is 0.179. The zero-order valence-corrected chi connectivity index (χ0v) is 11.6. The van der Waals surface area contributed by atoms with Crippen LogP contribution in [0.3, 0.4) is 0 Å². The first-order chi connectivity index (χ1) is 8.26. The molecule has 0 saturated heterocycles. The van der Waals surface area contributed by atoms with Gasteiger partial charge in [0, 0.05) is 25.0 Å². The lowest BCUT2D eigenvalue weighted by Crippen LogP contribution is -2.40. The summed E-state index contributed by atoms with van der Waals surface area (Å²) in [6.07, 6.45) is 8.63. The first-order valence-corrected chi connectivity index (χ1v) is 7.13. The highest BCUT2D eigenvalue weighted by Crippen LogP contribution is 2.25. The van der Waals surface area contributed by atoms with Crippen molar-refractivity contribution in [1.29, 1.82) is 0 Å². The van der Waals surface area contributed by atoms with Crippen LogP contribution in [0.25, 0.3) is 0 Å². The Balaban J connectivity index is 2.04. The molecular weight excluding hydrogens is 208 g/mol. The van der Waals surface area contributed by atoms with Gasteiger partial charge in [0.15, 0.2) is 0 Å². The van der Waals surface area contributed by atoms with E-state index < -0.39 is 0 Å². The maximum Gasteiger partial charge on any atom is 0.0205 e. The van der Waals surface area contributed by atoms with Crippen LogP contribution in [0, 0.1) is 0 Å². The van der Waals surface area contributed by atoms with E-state index in [1.54, 1.807) is 11.3 Å². The van der Waals surface area contributed by atoms with Crippen molar-refractivity contribution in [3.63, 3.8) is 0 Å². The van der Waals surface area contributed by atoms with Crippen molar-refractivity contribution in [2.24, 2.45) is 7.05 Å². The molecule has 0 N–H and O–H groups in total. The van der Waals surface area contributed by atoms with E-state index in [2.05, 4.69) is 42.6 Å². The molecular formula is C15H26N2. The predicted octanol–water partition coefficient (Wildman–Crippen LogP) is 3.00. The van der Waals surface area contributed by atoms with Gasteiger partial charge in [-0.3, -0.25) is 0 Å². The molecule has 1 aliphatic carbocycles. The van der Waals surface area contributed by atoms with Gasteiger partial charge in [-0.1, -0.05) is 13.8 Å². The summed E-state index contributed by atoms with van der Waals surface area (Å²) in [4.78, 5) is 2.70. The SMILES string of the molecule is CCCN(CCC)[C@H]1CCc2c(ccn2C)C1.